The van der Waals surface area contributed by atoms with Crippen LogP contribution >= 0.6 is 0 Å². The molecule has 1 unspecified atom stereocenters. The van der Waals surface area contributed by atoms with E-state index in [1.807, 2.05) is 0 Å². The Balaban J connectivity index is 2.06. The third-order valence-electron chi connectivity index (χ3n) is 2.39. The first-order chi connectivity index (χ1) is 4.17. The Kier molecular flexibility index (Phi) is 1.80. The fourth-order valence-corrected chi connectivity index (χ4v) is 1.33. The lowest BCUT2D eigenvalue weighted by molar-refractivity contribution is 0.186. The summed E-state index contributed by atoms with van der Waals surface area (Å²) in [6, 6.07) is 0. The van der Waals surface area contributed by atoms with Crippen molar-refractivity contribution < 1.29 is 4.74 Å². The van der Waals surface area contributed by atoms with Crippen LogP contribution in [0.3, 0.4) is 0 Å². The molecule has 1 heteroatoms. The fraction of sp³-hybridized carbons (Fsp3) is 1.00. The van der Waals surface area contributed by atoms with Gasteiger partial charge in [0.05, 0.1) is 0 Å². The maximum Gasteiger partial charge on any atom is 0.0465 e. The second-order valence-corrected chi connectivity index (χ2v) is 3.67. The number of hydrogen-bond acceptors (Lipinski definition) is 1. The van der Waals surface area contributed by atoms with E-state index in [0.717, 1.165) is 12.5 Å². The van der Waals surface area contributed by atoms with Gasteiger partial charge >= 0.3 is 0 Å². The molecule has 1 saturated carbocycles. The van der Waals surface area contributed by atoms with Gasteiger partial charge in [-0.05, 0) is 24.2 Å². The normalized spacial score (nSPS) is 30.3. The van der Waals surface area contributed by atoms with E-state index in [9.17, 15) is 0 Å². The van der Waals surface area contributed by atoms with Crippen molar-refractivity contribution in [3.63, 3.8) is 0 Å². The Bertz CT molecular complexity index is 96.7. The minimum absolute atomic E-state index is 0.637. The zero-order valence-electron chi connectivity index (χ0n) is 6.61. The highest BCUT2D eigenvalue weighted by Crippen LogP contribution is 2.53. The first-order valence-electron chi connectivity index (χ1n) is 3.66. The smallest absolute Gasteiger partial charge is 0.0465 e. The molecule has 1 aliphatic rings. The third-order valence-corrected chi connectivity index (χ3v) is 2.39. The summed E-state index contributed by atoms with van der Waals surface area (Å²) in [5.41, 5.74) is 0.637. The van der Waals surface area contributed by atoms with Gasteiger partial charge in [0.2, 0.25) is 0 Å². The first-order valence-corrected chi connectivity index (χ1v) is 3.66. The number of ether oxygens (including phenoxy) is 1. The predicted molar refractivity (Wildman–Crippen MR) is 38.4 cm³/mol. The molecule has 0 amide bonds. The molecule has 54 valence electrons. The predicted octanol–water partition coefficient (Wildman–Crippen LogP) is 2.07. The average Bonchev–Trinajstić information content (AvgIpc) is 2.35. The second kappa shape index (κ2) is 2.30. The maximum atomic E-state index is 4.99. The monoisotopic (exact) mass is 128 g/mol. The van der Waals surface area contributed by atoms with Crippen molar-refractivity contribution in [2.24, 2.45) is 11.3 Å². The van der Waals surface area contributed by atoms with Gasteiger partial charge < -0.3 is 4.74 Å². The van der Waals surface area contributed by atoms with E-state index in [2.05, 4.69) is 13.8 Å². The molecule has 1 nitrogen and oxygen atoms in total. The lowest BCUT2D eigenvalue weighted by atomic mass is 10.1. The molecule has 9 heavy (non-hydrogen) atoms. The summed E-state index contributed by atoms with van der Waals surface area (Å²) < 4.78 is 4.99. The standard InChI is InChI=1S/C8H16O/c1-8(2)6-7(8)4-5-9-3/h7H,4-6H2,1-3H3. The van der Waals surface area contributed by atoms with E-state index < -0.39 is 0 Å². The highest BCUT2D eigenvalue weighted by atomic mass is 16.5. The van der Waals surface area contributed by atoms with Crippen molar-refractivity contribution >= 4 is 0 Å². The van der Waals surface area contributed by atoms with Gasteiger partial charge in [-0.2, -0.15) is 0 Å². The van der Waals surface area contributed by atoms with Crippen molar-refractivity contribution in [1.29, 1.82) is 0 Å². The van der Waals surface area contributed by atoms with E-state index in [-0.39, 0.29) is 0 Å². The summed E-state index contributed by atoms with van der Waals surface area (Å²) in [7, 11) is 1.77. The molecule has 0 N–H and O–H groups in total. The third kappa shape index (κ3) is 1.68. The van der Waals surface area contributed by atoms with Crippen LogP contribution in [0.2, 0.25) is 0 Å². The molecule has 0 spiro atoms. The lowest BCUT2D eigenvalue weighted by Gasteiger charge is -2.00. The topological polar surface area (TPSA) is 9.23 Å². The molecule has 0 heterocycles. The molecular formula is C8H16O. The first kappa shape index (κ1) is 7.07. The zero-order valence-corrected chi connectivity index (χ0v) is 6.61. The summed E-state index contributed by atoms with van der Waals surface area (Å²) >= 11 is 0. The van der Waals surface area contributed by atoms with Crippen LogP contribution < -0.4 is 0 Å². The van der Waals surface area contributed by atoms with E-state index in [0.29, 0.717) is 5.41 Å². The Morgan fingerprint density at radius 1 is 1.56 bits per heavy atom. The van der Waals surface area contributed by atoms with Gasteiger partial charge in [-0.1, -0.05) is 13.8 Å². The summed E-state index contributed by atoms with van der Waals surface area (Å²) in [5, 5.41) is 0. The van der Waals surface area contributed by atoms with Gasteiger partial charge in [0, 0.05) is 13.7 Å². The summed E-state index contributed by atoms with van der Waals surface area (Å²) in [6.07, 6.45) is 2.65. The molecule has 0 aromatic heterocycles. The fourth-order valence-electron chi connectivity index (χ4n) is 1.33. The van der Waals surface area contributed by atoms with Crippen LogP contribution in [0.25, 0.3) is 0 Å². The van der Waals surface area contributed by atoms with Gasteiger partial charge in [0.25, 0.3) is 0 Å². The van der Waals surface area contributed by atoms with E-state index in [1.54, 1.807) is 7.11 Å². The Labute approximate surface area is 57.4 Å². The molecule has 0 saturated heterocycles. The molecule has 0 aromatic carbocycles. The van der Waals surface area contributed by atoms with E-state index in [4.69, 9.17) is 4.74 Å². The van der Waals surface area contributed by atoms with Crippen LogP contribution in [0.5, 0.6) is 0 Å². The van der Waals surface area contributed by atoms with Crippen molar-refractivity contribution in [2.75, 3.05) is 13.7 Å². The van der Waals surface area contributed by atoms with Crippen LogP contribution in [-0.2, 0) is 4.74 Å². The average molecular weight is 128 g/mol. The second-order valence-electron chi connectivity index (χ2n) is 3.67. The summed E-state index contributed by atoms with van der Waals surface area (Å²) in [5.74, 6) is 0.942. The van der Waals surface area contributed by atoms with Crippen molar-refractivity contribution in [2.45, 2.75) is 26.7 Å². The molecule has 1 fully saturated rings. The van der Waals surface area contributed by atoms with Gasteiger partial charge in [0.1, 0.15) is 0 Å². The van der Waals surface area contributed by atoms with Crippen molar-refractivity contribution in [3.05, 3.63) is 0 Å². The summed E-state index contributed by atoms with van der Waals surface area (Å²) in [4.78, 5) is 0. The molecule has 0 bridgehead atoms. The van der Waals surface area contributed by atoms with Crippen LogP contribution in [0.15, 0.2) is 0 Å². The van der Waals surface area contributed by atoms with Crippen LogP contribution in [-0.4, -0.2) is 13.7 Å². The van der Waals surface area contributed by atoms with Crippen LogP contribution in [0.4, 0.5) is 0 Å². The molecule has 1 rings (SSSR count). The molecule has 0 aromatic rings. The van der Waals surface area contributed by atoms with Gasteiger partial charge in [-0.15, -0.1) is 0 Å². The number of methoxy groups -OCH3 is 1. The molecule has 0 radical (unpaired) electrons. The molecule has 1 aliphatic carbocycles. The molecule has 0 aliphatic heterocycles. The minimum Gasteiger partial charge on any atom is -0.385 e. The number of hydrogen-bond donors (Lipinski definition) is 0. The Hall–Kier alpha value is -0.0400. The highest BCUT2D eigenvalue weighted by molar-refractivity contribution is 4.94. The quantitative estimate of drug-likeness (QED) is 0.565. The van der Waals surface area contributed by atoms with E-state index >= 15 is 0 Å². The Morgan fingerprint density at radius 2 is 2.11 bits per heavy atom. The highest BCUT2D eigenvalue weighted by Gasteiger charge is 2.44. The number of rotatable bonds is 3. The molecular weight excluding hydrogens is 112 g/mol. The molecule has 1 atom stereocenters. The van der Waals surface area contributed by atoms with Crippen LogP contribution in [0, 0.1) is 11.3 Å². The zero-order chi connectivity index (χ0) is 6.91. The Morgan fingerprint density at radius 3 is 2.44 bits per heavy atom. The van der Waals surface area contributed by atoms with Crippen molar-refractivity contribution in [3.8, 4) is 0 Å². The SMILES string of the molecule is COCCC1CC1(C)C. The van der Waals surface area contributed by atoms with E-state index in [1.165, 1.54) is 12.8 Å². The summed E-state index contributed by atoms with van der Waals surface area (Å²) in [6.45, 7) is 5.59. The lowest BCUT2D eigenvalue weighted by Crippen LogP contribution is -1.95. The van der Waals surface area contributed by atoms with Gasteiger partial charge in [-0.3, -0.25) is 0 Å². The van der Waals surface area contributed by atoms with Gasteiger partial charge in [-0.25, -0.2) is 0 Å². The maximum absolute atomic E-state index is 4.99. The minimum atomic E-state index is 0.637. The van der Waals surface area contributed by atoms with Crippen molar-refractivity contribution in [1.82, 2.24) is 0 Å². The van der Waals surface area contributed by atoms with Crippen LogP contribution in [0.1, 0.15) is 26.7 Å². The van der Waals surface area contributed by atoms with Gasteiger partial charge in [0.15, 0.2) is 0 Å². The largest absolute Gasteiger partial charge is 0.385 e.